The summed E-state index contributed by atoms with van der Waals surface area (Å²) in [5.74, 6) is -1.33. The zero-order valence-corrected chi connectivity index (χ0v) is 23.5. The van der Waals surface area contributed by atoms with Gasteiger partial charge in [-0.2, -0.15) is 0 Å². The molecule has 0 saturated heterocycles. The number of hydrogen-bond donors (Lipinski definition) is 2. The number of unbranched alkanes of at least 4 members (excludes halogenated alkanes) is 17. The van der Waals surface area contributed by atoms with Crippen molar-refractivity contribution in [2.45, 2.75) is 155 Å². The standard InChI is InChI=1S/C29H55NO6/c1-4-5-6-7-8-9-10-11-12-13-14-15-16-17-18-19-20-21-22-28(33)35-23-27(32)24-36-29(34)25(2)30-26(3)31/h25,27,32H,4-24H2,1-3H3,(H,30,31)/t25-,27?/m0/s1. The topological polar surface area (TPSA) is 102 Å². The molecule has 0 aromatic rings. The molecule has 212 valence electrons. The minimum atomic E-state index is -1.08. The molecule has 0 spiro atoms. The number of hydrogen-bond acceptors (Lipinski definition) is 6. The fourth-order valence-corrected chi connectivity index (χ4v) is 4.15. The van der Waals surface area contributed by atoms with E-state index in [0.717, 1.165) is 19.3 Å². The third-order valence-electron chi connectivity index (χ3n) is 6.36. The predicted molar refractivity (Wildman–Crippen MR) is 145 cm³/mol. The van der Waals surface area contributed by atoms with Crippen LogP contribution in [0.15, 0.2) is 0 Å². The van der Waals surface area contributed by atoms with Crippen LogP contribution in [0, 0.1) is 0 Å². The quantitative estimate of drug-likeness (QED) is 0.108. The molecule has 7 heteroatoms. The number of amides is 1. The van der Waals surface area contributed by atoms with Crippen LogP contribution in [0.1, 0.15) is 143 Å². The summed E-state index contributed by atoms with van der Waals surface area (Å²) in [5.41, 5.74) is 0. The highest BCUT2D eigenvalue weighted by Crippen LogP contribution is 2.14. The van der Waals surface area contributed by atoms with E-state index in [1.165, 1.54) is 110 Å². The number of ether oxygens (including phenoxy) is 2. The highest BCUT2D eigenvalue weighted by Gasteiger charge is 2.17. The molecule has 0 aromatic carbocycles. The minimum absolute atomic E-state index is 0.209. The first kappa shape index (κ1) is 34.4. The van der Waals surface area contributed by atoms with Crippen LogP contribution in [0.4, 0.5) is 0 Å². The lowest BCUT2D eigenvalue weighted by atomic mass is 10.0. The van der Waals surface area contributed by atoms with Crippen molar-refractivity contribution in [1.82, 2.24) is 5.32 Å². The lowest BCUT2D eigenvalue weighted by Crippen LogP contribution is -2.39. The Morgan fingerprint density at radius 1 is 0.667 bits per heavy atom. The van der Waals surface area contributed by atoms with Gasteiger partial charge in [-0.15, -0.1) is 0 Å². The van der Waals surface area contributed by atoms with Gasteiger partial charge in [-0.25, -0.2) is 4.79 Å². The number of aliphatic hydroxyl groups is 1. The van der Waals surface area contributed by atoms with E-state index in [-0.39, 0.29) is 25.1 Å². The van der Waals surface area contributed by atoms with Crippen molar-refractivity contribution in [1.29, 1.82) is 0 Å². The summed E-state index contributed by atoms with van der Waals surface area (Å²) >= 11 is 0. The largest absolute Gasteiger partial charge is 0.463 e. The van der Waals surface area contributed by atoms with Gasteiger partial charge in [0.2, 0.25) is 5.91 Å². The molecule has 0 heterocycles. The maximum atomic E-state index is 11.8. The Kier molecular flexibility index (Phi) is 23.9. The fraction of sp³-hybridized carbons (Fsp3) is 0.897. The molecular formula is C29H55NO6. The molecule has 0 rings (SSSR count). The van der Waals surface area contributed by atoms with E-state index in [9.17, 15) is 19.5 Å². The summed E-state index contributed by atoms with van der Waals surface area (Å²) in [6.45, 7) is 4.58. The van der Waals surface area contributed by atoms with Gasteiger partial charge in [0.15, 0.2) is 0 Å². The molecule has 36 heavy (non-hydrogen) atoms. The van der Waals surface area contributed by atoms with E-state index < -0.39 is 18.1 Å². The van der Waals surface area contributed by atoms with Gasteiger partial charge in [-0.1, -0.05) is 116 Å². The first-order valence-electron chi connectivity index (χ1n) is 14.6. The van der Waals surface area contributed by atoms with Gasteiger partial charge < -0.3 is 19.9 Å². The summed E-state index contributed by atoms with van der Waals surface area (Å²) in [6, 6.07) is -0.790. The maximum Gasteiger partial charge on any atom is 0.328 e. The lowest BCUT2D eigenvalue weighted by Gasteiger charge is -2.15. The molecule has 0 fully saturated rings. The molecule has 0 aliphatic carbocycles. The van der Waals surface area contributed by atoms with E-state index in [2.05, 4.69) is 12.2 Å². The van der Waals surface area contributed by atoms with Crippen LogP contribution in [0.3, 0.4) is 0 Å². The maximum absolute atomic E-state index is 11.8. The van der Waals surface area contributed by atoms with Crippen molar-refractivity contribution in [3.63, 3.8) is 0 Å². The number of esters is 2. The third kappa shape index (κ3) is 24.1. The van der Waals surface area contributed by atoms with E-state index in [1.807, 2.05) is 0 Å². The van der Waals surface area contributed by atoms with Crippen molar-refractivity contribution in [3.05, 3.63) is 0 Å². The molecule has 0 saturated carbocycles. The van der Waals surface area contributed by atoms with E-state index in [4.69, 9.17) is 9.47 Å². The van der Waals surface area contributed by atoms with Gasteiger partial charge in [0.05, 0.1) is 0 Å². The number of carbonyl (C=O) groups is 3. The molecule has 7 nitrogen and oxygen atoms in total. The van der Waals surface area contributed by atoms with Crippen LogP contribution < -0.4 is 5.32 Å². The Hall–Kier alpha value is -1.63. The van der Waals surface area contributed by atoms with Crippen LogP contribution >= 0.6 is 0 Å². The van der Waals surface area contributed by atoms with Gasteiger partial charge in [-0.05, 0) is 13.3 Å². The molecule has 2 atom stereocenters. The first-order valence-corrected chi connectivity index (χ1v) is 14.6. The number of nitrogens with one attached hydrogen (secondary N) is 1. The Morgan fingerprint density at radius 3 is 1.47 bits per heavy atom. The highest BCUT2D eigenvalue weighted by atomic mass is 16.6. The second-order valence-corrected chi connectivity index (χ2v) is 10.1. The molecule has 0 aromatic heterocycles. The molecule has 0 aliphatic heterocycles. The van der Waals surface area contributed by atoms with E-state index >= 15 is 0 Å². The zero-order chi connectivity index (χ0) is 26.9. The van der Waals surface area contributed by atoms with Gasteiger partial charge in [0.25, 0.3) is 0 Å². The van der Waals surface area contributed by atoms with Gasteiger partial charge in [0, 0.05) is 13.3 Å². The summed E-state index contributed by atoms with van der Waals surface area (Å²) in [7, 11) is 0. The lowest BCUT2D eigenvalue weighted by molar-refractivity contribution is -0.154. The molecular weight excluding hydrogens is 458 g/mol. The highest BCUT2D eigenvalue weighted by molar-refractivity contribution is 5.82. The summed E-state index contributed by atoms with van der Waals surface area (Å²) in [6.07, 6.45) is 22.7. The average Bonchev–Trinajstić information content (AvgIpc) is 2.84. The van der Waals surface area contributed by atoms with Crippen LogP contribution in [-0.2, 0) is 23.9 Å². The second kappa shape index (κ2) is 25.0. The molecule has 0 radical (unpaired) electrons. The Morgan fingerprint density at radius 2 is 1.06 bits per heavy atom. The number of aliphatic hydroxyl groups excluding tert-OH is 1. The molecule has 1 unspecified atom stereocenters. The van der Waals surface area contributed by atoms with E-state index in [1.54, 1.807) is 0 Å². The van der Waals surface area contributed by atoms with Crippen LogP contribution in [0.25, 0.3) is 0 Å². The van der Waals surface area contributed by atoms with Gasteiger partial charge in [0.1, 0.15) is 25.4 Å². The Balaban J connectivity index is 3.39. The monoisotopic (exact) mass is 513 g/mol. The fourth-order valence-electron chi connectivity index (χ4n) is 4.15. The summed E-state index contributed by atoms with van der Waals surface area (Å²) in [4.78, 5) is 34.4. The third-order valence-corrected chi connectivity index (χ3v) is 6.36. The van der Waals surface area contributed by atoms with Crippen molar-refractivity contribution in [2.75, 3.05) is 13.2 Å². The van der Waals surface area contributed by atoms with Crippen molar-refractivity contribution in [3.8, 4) is 0 Å². The first-order chi connectivity index (χ1) is 17.4. The normalized spacial score (nSPS) is 12.7. The van der Waals surface area contributed by atoms with Crippen LogP contribution in [0.5, 0.6) is 0 Å². The molecule has 1 amide bonds. The minimum Gasteiger partial charge on any atom is -0.463 e. The van der Waals surface area contributed by atoms with E-state index in [0.29, 0.717) is 6.42 Å². The van der Waals surface area contributed by atoms with Crippen LogP contribution in [0.2, 0.25) is 0 Å². The summed E-state index contributed by atoms with van der Waals surface area (Å²) < 4.78 is 9.95. The SMILES string of the molecule is CCCCCCCCCCCCCCCCCCCCC(=O)OCC(O)COC(=O)[C@H](C)NC(C)=O. The van der Waals surface area contributed by atoms with Crippen molar-refractivity contribution >= 4 is 17.8 Å². The molecule has 0 bridgehead atoms. The van der Waals surface area contributed by atoms with Crippen molar-refractivity contribution in [2.24, 2.45) is 0 Å². The Bertz CT molecular complexity index is 554. The molecule has 0 aliphatic rings. The predicted octanol–water partition coefficient (Wildman–Crippen LogP) is 6.39. The smallest absolute Gasteiger partial charge is 0.328 e. The molecule has 2 N–H and O–H groups in total. The van der Waals surface area contributed by atoms with Crippen LogP contribution in [-0.4, -0.2) is 48.3 Å². The number of rotatable bonds is 25. The average molecular weight is 514 g/mol. The van der Waals surface area contributed by atoms with Gasteiger partial charge >= 0.3 is 11.9 Å². The zero-order valence-electron chi connectivity index (χ0n) is 23.5. The second-order valence-electron chi connectivity index (χ2n) is 10.1. The van der Waals surface area contributed by atoms with Gasteiger partial charge in [-0.3, -0.25) is 9.59 Å². The Labute approximate surface area is 220 Å². The summed E-state index contributed by atoms with van der Waals surface area (Å²) in [5, 5.41) is 12.2. The number of carbonyl (C=O) groups excluding carboxylic acids is 3. The van der Waals surface area contributed by atoms with Crippen molar-refractivity contribution < 1.29 is 29.0 Å².